The van der Waals surface area contributed by atoms with E-state index in [1.54, 1.807) is 18.5 Å². The molecule has 1 aromatic carbocycles. The summed E-state index contributed by atoms with van der Waals surface area (Å²) >= 11 is 4.65. The highest BCUT2D eigenvalue weighted by molar-refractivity contribution is 9.10. The zero-order valence-electron chi connectivity index (χ0n) is 11.4. The molecule has 0 aliphatic carbocycles. The molecule has 3 nitrogen and oxygen atoms in total. The zero-order chi connectivity index (χ0) is 16.4. The van der Waals surface area contributed by atoms with Gasteiger partial charge in [0.25, 0.3) is 0 Å². The summed E-state index contributed by atoms with van der Waals surface area (Å²) in [4.78, 5) is 8.44. The summed E-state index contributed by atoms with van der Waals surface area (Å²) in [6, 6.07) is 6.89. The van der Waals surface area contributed by atoms with Crippen LogP contribution in [0.3, 0.4) is 0 Å². The molecule has 0 aliphatic rings. The number of aromatic nitrogens is 2. The van der Waals surface area contributed by atoms with Gasteiger partial charge in [0, 0.05) is 33.5 Å². The van der Waals surface area contributed by atoms with Crippen molar-refractivity contribution in [2.75, 3.05) is 5.32 Å². The monoisotopic (exact) mass is 399 g/mol. The maximum absolute atomic E-state index is 12.7. The molecule has 0 saturated carbocycles. The smallest absolute Gasteiger partial charge is 0.332 e. The molecule has 2 heterocycles. The van der Waals surface area contributed by atoms with Crippen LogP contribution < -0.4 is 5.32 Å². The Hall–Kier alpha value is -1.93. The number of hydrogen-bond donors (Lipinski definition) is 1. The average molecular weight is 400 g/mol. The van der Waals surface area contributed by atoms with E-state index in [9.17, 15) is 13.2 Å². The number of rotatable bonds is 3. The number of anilines is 2. The van der Waals surface area contributed by atoms with Gasteiger partial charge in [-0.1, -0.05) is 6.07 Å². The molecule has 0 amide bonds. The lowest BCUT2D eigenvalue weighted by molar-refractivity contribution is -0.137. The van der Waals surface area contributed by atoms with Gasteiger partial charge in [-0.15, -0.1) is 11.3 Å². The predicted octanol–water partition coefficient (Wildman–Crippen LogP) is 5.73. The van der Waals surface area contributed by atoms with Gasteiger partial charge in [-0.3, -0.25) is 4.98 Å². The van der Waals surface area contributed by atoms with Gasteiger partial charge in [-0.25, -0.2) is 4.98 Å². The van der Waals surface area contributed by atoms with E-state index < -0.39 is 11.7 Å². The second-order valence-corrected chi connectivity index (χ2v) is 6.41. The minimum Gasteiger partial charge on any atom is -0.332 e. The fourth-order valence-electron chi connectivity index (χ4n) is 1.91. The minimum atomic E-state index is -4.37. The molecule has 0 atom stereocenters. The fraction of sp³-hybridized carbons (Fsp3) is 0.0667. The molecule has 3 rings (SSSR count). The summed E-state index contributed by atoms with van der Waals surface area (Å²) in [7, 11) is 0. The van der Waals surface area contributed by atoms with E-state index in [2.05, 4.69) is 31.2 Å². The van der Waals surface area contributed by atoms with Gasteiger partial charge >= 0.3 is 6.18 Å². The Kier molecular flexibility index (Phi) is 4.36. The van der Waals surface area contributed by atoms with Crippen LogP contribution in [0.5, 0.6) is 0 Å². The molecule has 0 radical (unpaired) electrons. The Morgan fingerprint density at radius 3 is 2.70 bits per heavy atom. The molecule has 8 heteroatoms. The predicted molar refractivity (Wildman–Crippen MR) is 87.8 cm³/mol. The summed E-state index contributed by atoms with van der Waals surface area (Å²) in [6.07, 6.45) is -1.03. The van der Waals surface area contributed by atoms with E-state index in [1.165, 1.54) is 17.4 Å². The van der Waals surface area contributed by atoms with Crippen LogP contribution in [0.1, 0.15) is 5.56 Å². The maximum Gasteiger partial charge on any atom is 0.416 e. The molecule has 0 unspecified atom stereocenters. The molecular weight excluding hydrogens is 391 g/mol. The van der Waals surface area contributed by atoms with Gasteiger partial charge < -0.3 is 5.32 Å². The molecule has 0 bridgehead atoms. The molecule has 0 fully saturated rings. The van der Waals surface area contributed by atoms with Crippen LogP contribution in [0.25, 0.3) is 11.3 Å². The average Bonchev–Trinajstić information content (AvgIpc) is 2.95. The summed E-state index contributed by atoms with van der Waals surface area (Å²) < 4.78 is 39.0. The van der Waals surface area contributed by atoms with Crippen LogP contribution in [0.4, 0.5) is 24.0 Å². The number of halogens is 4. The number of benzene rings is 1. The maximum atomic E-state index is 12.7. The van der Waals surface area contributed by atoms with Crippen molar-refractivity contribution in [3.63, 3.8) is 0 Å². The third-order valence-electron chi connectivity index (χ3n) is 2.95. The molecule has 0 spiro atoms. The van der Waals surface area contributed by atoms with E-state index in [4.69, 9.17) is 0 Å². The SMILES string of the molecule is FC(F)(F)c1cccc(Nc2nc(-c3cncc(Br)c3)cs2)c1. The Bertz CT molecular complexity index is 833. The van der Waals surface area contributed by atoms with Crippen molar-refractivity contribution in [2.24, 2.45) is 0 Å². The third kappa shape index (κ3) is 3.89. The number of pyridine rings is 1. The van der Waals surface area contributed by atoms with Crippen molar-refractivity contribution in [3.05, 3.63) is 58.1 Å². The third-order valence-corrected chi connectivity index (χ3v) is 4.14. The van der Waals surface area contributed by atoms with Gasteiger partial charge in [0.2, 0.25) is 0 Å². The molecular formula is C15H9BrF3N3S. The normalized spacial score (nSPS) is 11.5. The van der Waals surface area contributed by atoms with E-state index >= 15 is 0 Å². The Morgan fingerprint density at radius 1 is 1.13 bits per heavy atom. The summed E-state index contributed by atoms with van der Waals surface area (Å²) in [6.45, 7) is 0. The minimum absolute atomic E-state index is 0.341. The lowest BCUT2D eigenvalue weighted by Crippen LogP contribution is -2.05. The second-order valence-electron chi connectivity index (χ2n) is 4.63. The first kappa shape index (κ1) is 15.9. The van der Waals surface area contributed by atoms with E-state index in [0.29, 0.717) is 16.5 Å². The standard InChI is InChI=1S/C15H9BrF3N3S/c16-11-4-9(6-20-7-11)13-8-23-14(22-13)21-12-3-1-2-10(5-12)15(17,18)19/h1-8H,(H,21,22). The first-order valence-corrected chi connectivity index (χ1v) is 8.10. The molecule has 2 aromatic heterocycles. The van der Waals surface area contributed by atoms with Crippen molar-refractivity contribution < 1.29 is 13.2 Å². The van der Waals surface area contributed by atoms with Gasteiger partial charge in [-0.2, -0.15) is 13.2 Å². The van der Waals surface area contributed by atoms with Crippen LogP contribution in [0, 0.1) is 0 Å². The molecule has 0 saturated heterocycles. The van der Waals surface area contributed by atoms with Crippen molar-refractivity contribution in [3.8, 4) is 11.3 Å². The van der Waals surface area contributed by atoms with Crippen molar-refractivity contribution >= 4 is 38.1 Å². The van der Waals surface area contributed by atoms with Crippen molar-refractivity contribution in [2.45, 2.75) is 6.18 Å². The number of nitrogens with one attached hydrogen (secondary N) is 1. The molecule has 23 heavy (non-hydrogen) atoms. The number of alkyl halides is 3. The lowest BCUT2D eigenvalue weighted by atomic mass is 10.2. The summed E-state index contributed by atoms with van der Waals surface area (Å²) in [5.41, 5.74) is 1.18. The Morgan fingerprint density at radius 2 is 1.96 bits per heavy atom. The highest BCUT2D eigenvalue weighted by Crippen LogP contribution is 2.32. The van der Waals surface area contributed by atoms with E-state index in [0.717, 1.165) is 22.2 Å². The zero-order valence-corrected chi connectivity index (χ0v) is 13.8. The van der Waals surface area contributed by atoms with E-state index in [1.807, 2.05) is 11.4 Å². The quantitative estimate of drug-likeness (QED) is 0.610. The number of nitrogens with zero attached hydrogens (tertiary/aromatic N) is 2. The van der Waals surface area contributed by atoms with Gasteiger partial charge in [0.05, 0.1) is 11.3 Å². The molecule has 118 valence electrons. The van der Waals surface area contributed by atoms with Crippen molar-refractivity contribution in [1.29, 1.82) is 0 Å². The van der Waals surface area contributed by atoms with E-state index in [-0.39, 0.29) is 0 Å². The molecule has 3 aromatic rings. The summed E-state index contributed by atoms with van der Waals surface area (Å²) in [5, 5.41) is 5.23. The number of hydrogen-bond acceptors (Lipinski definition) is 4. The summed E-state index contributed by atoms with van der Waals surface area (Å²) in [5.74, 6) is 0. The van der Waals surface area contributed by atoms with Crippen LogP contribution in [0.15, 0.2) is 52.6 Å². The second kappa shape index (κ2) is 6.29. The Balaban J connectivity index is 1.82. The fourth-order valence-corrected chi connectivity index (χ4v) is 3.02. The molecule has 1 N–H and O–H groups in total. The Labute approximate surface area is 142 Å². The highest BCUT2D eigenvalue weighted by Gasteiger charge is 2.30. The topological polar surface area (TPSA) is 37.8 Å². The van der Waals surface area contributed by atoms with Crippen LogP contribution in [0.2, 0.25) is 0 Å². The molecule has 0 aliphatic heterocycles. The number of thiazole rings is 1. The van der Waals surface area contributed by atoms with Crippen molar-refractivity contribution in [1.82, 2.24) is 9.97 Å². The first-order chi connectivity index (χ1) is 10.9. The highest BCUT2D eigenvalue weighted by atomic mass is 79.9. The van der Waals surface area contributed by atoms with Crippen LogP contribution in [-0.4, -0.2) is 9.97 Å². The lowest BCUT2D eigenvalue weighted by Gasteiger charge is -2.08. The van der Waals surface area contributed by atoms with Gasteiger partial charge in [0.15, 0.2) is 5.13 Å². The van der Waals surface area contributed by atoms with Crippen LogP contribution in [-0.2, 0) is 6.18 Å². The van der Waals surface area contributed by atoms with Crippen LogP contribution >= 0.6 is 27.3 Å². The first-order valence-electron chi connectivity index (χ1n) is 6.42. The van der Waals surface area contributed by atoms with Gasteiger partial charge in [-0.05, 0) is 40.2 Å². The largest absolute Gasteiger partial charge is 0.416 e. The van der Waals surface area contributed by atoms with Gasteiger partial charge in [0.1, 0.15) is 0 Å².